The molecule has 0 spiro atoms. The van der Waals surface area contributed by atoms with Gasteiger partial charge in [-0.1, -0.05) is 37.9 Å². The molecule has 41 heavy (non-hydrogen) atoms. The van der Waals surface area contributed by atoms with Crippen LogP contribution in [0.5, 0.6) is 5.75 Å². The molecule has 3 aromatic rings. The number of fused-ring (bicyclic) bond motifs is 1. The molecule has 214 valence electrons. The first kappa shape index (κ1) is 30.8. The molecule has 0 bridgehead atoms. The largest absolute Gasteiger partial charge is 0.463 e. The summed E-state index contributed by atoms with van der Waals surface area (Å²) in [5.74, 6) is -1.10. The molecule has 0 radical (unpaired) electrons. The van der Waals surface area contributed by atoms with E-state index in [1.165, 1.54) is 6.26 Å². The molecule has 2 aromatic carbocycles. The molecule has 0 aliphatic rings. The van der Waals surface area contributed by atoms with Gasteiger partial charge in [-0.25, -0.2) is 14.4 Å². The van der Waals surface area contributed by atoms with Gasteiger partial charge in [-0.2, -0.15) is 0 Å². The van der Waals surface area contributed by atoms with Crippen molar-refractivity contribution in [2.45, 2.75) is 46.5 Å². The average molecular weight is 559 g/mol. The Labute approximate surface area is 238 Å². The Balaban J connectivity index is 1.90. The van der Waals surface area contributed by atoms with E-state index in [1.807, 2.05) is 6.07 Å². The Kier molecular flexibility index (Phi) is 10.6. The maximum atomic E-state index is 13.7. The van der Waals surface area contributed by atoms with E-state index in [2.05, 4.69) is 19.7 Å². The maximum Gasteiger partial charge on any atom is 0.338 e. The van der Waals surface area contributed by atoms with Crippen molar-refractivity contribution in [3.05, 3.63) is 100 Å². The van der Waals surface area contributed by atoms with Gasteiger partial charge in [0.2, 0.25) is 5.43 Å². The molecule has 0 aliphatic carbocycles. The van der Waals surface area contributed by atoms with Crippen molar-refractivity contribution < 1.29 is 33.0 Å². The average Bonchev–Trinajstić information content (AvgIpc) is 2.93. The van der Waals surface area contributed by atoms with Crippen molar-refractivity contribution in [2.75, 3.05) is 13.2 Å². The Hall–Kier alpha value is -4.72. The Morgan fingerprint density at radius 3 is 1.90 bits per heavy atom. The monoisotopic (exact) mass is 558 g/mol. The van der Waals surface area contributed by atoms with Crippen LogP contribution in [0.2, 0.25) is 0 Å². The van der Waals surface area contributed by atoms with Crippen molar-refractivity contribution in [1.29, 1.82) is 0 Å². The summed E-state index contributed by atoms with van der Waals surface area (Å²) in [7, 11) is 0. The summed E-state index contributed by atoms with van der Waals surface area (Å²) < 4.78 is 21.6. The van der Waals surface area contributed by atoms with Crippen LogP contribution >= 0.6 is 0 Å². The van der Waals surface area contributed by atoms with E-state index in [0.717, 1.165) is 11.1 Å². The summed E-state index contributed by atoms with van der Waals surface area (Å²) in [6.07, 6.45) is 3.55. The standard InChI is InChI=1S/C33H34O8/c1-20(2)31(35)38-15-7-9-23-17-25(10-8-16-39-32(36)21(3)4)30-27(18-23)29(34)28(19-40-30)24-11-13-26(14-12-24)41-33(37)22(5)6/h11-14,17-19H,1,3,5,7-10,15-16H2,2,4,6H3. The number of benzene rings is 2. The summed E-state index contributed by atoms with van der Waals surface area (Å²) in [5.41, 5.74) is 3.79. The third-order valence-electron chi connectivity index (χ3n) is 6.10. The molecule has 1 heterocycles. The quantitative estimate of drug-likeness (QED) is 0.108. The van der Waals surface area contributed by atoms with Gasteiger partial charge in [0, 0.05) is 16.7 Å². The number of rotatable bonds is 13. The van der Waals surface area contributed by atoms with Crippen LogP contribution in [-0.2, 0) is 36.7 Å². The molecule has 0 atom stereocenters. The zero-order valence-electron chi connectivity index (χ0n) is 23.7. The lowest BCUT2D eigenvalue weighted by Crippen LogP contribution is -2.10. The molecule has 0 saturated heterocycles. The van der Waals surface area contributed by atoms with Crippen molar-refractivity contribution in [3.63, 3.8) is 0 Å². The van der Waals surface area contributed by atoms with E-state index in [1.54, 1.807) is 51.1 Å². The Morgan fingerprint density at radius 2 is 1.34 bits per heavy atom. The van der Waals surface area contributed by atoms with E-state index in [9.17, 15) is 19.2 Å². The number of ether oxygens (including phenoxy) is 3. The van der Waals surface area contributed by atoms with Crippen LogP contribution in [0.15, 0.2) is 88.3 Å². The van der Waals surface area contributed by atoms with E-state index in [4.69, 9.17) is 18.6 Å². The zero-order chi connectivity index (χ0) is 30.1. The van der Waals surface area contributed by atoms with Crippen LogP contribution < -0.4 is 10.2 Å². The molecule has 0 saturated carbocycles. The lowest BCUT2D eigenvalue weighted by molar-refractivity contribution is -0.139. The lowest BCUT2D eigenvalue weighted by atomic mass is 9.98. The van der Waals surface area contributed by atoms with Crippen molar-refractivity contribution >= 4 is 28.9 Å². The fourth-order valence-corrected chi connectivity index (χ4v) is 3.92. The molecule has 3 rings (SSSR count). The number of aryl methyl sites for hydroxylation is 2. The van der Waals surface area contributed by atoms with Crippen LogP contribution in [-0.4, -0.2) is 31.1 Å². The van der Waals surface area contributed by atoms with E-state index >= 15 is 0 Å². The van der Waals surface area contributed by atoms with E-state index < -0.39 is 17.9 Å². The molecular weight excluding hydrogens is 524 g/mol. The van der Waals surface area contributed by atoms with E-state index in [-0.39, 0.29) is 24.2 Å². The predicted octanol–water partition coefficient (Wildman–Crippen LogP) is 6.05. The summed E-state index contributed by atoms with van der Waals surface area (Å²) in [6, 6.07) is 10.3. The van der Waals surface area contributed by atoms with Gasteiger partial charge in [-0.05, 0) is 81.3 Å². The summed E-state index contributed by atoms with van der Waals surface area (Å²) in [5, 5.41) is 0.408. The molecule has 0 N–H and O–H groups in total. The van der Waals surface area contributed by atoms with Crippen molar-refractivity contribution in [3.8, 4) is 16.9 Å². The first-order valence-electron chi connectivity index (χ1n) is 13.2. The van der Waals surface area contributed by atoms with Crippen LogP contribution in [0.4, 0.5) is 0 Å². The second-order valence-electron chi connectivity index (χ2n) is 9.84. The third-order valence-corrected chi connectivity index (χ3v) is 6.10. The summed E-state index contributed by atoms with van der Waals surface area (Å²) in [6.45, 7) is 15.9. The van der Waals surface area contributed by atoms with E-state index in [0.29, 0.717) is 64.7 Å². The number of hydrogen-bond acceptors (Lipinski definition) is 8. The minimum atomic E-state index is -0.535. The number of carbonyl (C=O) groups excluding carboxylic acids is 3. The van der Waals surface area contributed by atoms with Crippen LogP contribution in [0.25, 0.3) is 22.1 Å². The molecule has 1 aromatic heterocycles. The minimum absolute atomic E-state index is 0.193. The number of esters is 3. The van der Waals surface area contributed by atoms with Gasteiger partial charge in [0.1, 0.15) is 17.6 Å². The van der Waals surface area contributed by atoms with Crippen LogP contribution in [0.3, 0.4) is 0 Å². The SMILES string of the molecule is C=C(C)C(=O)OCCCc1cc(CCCOC(=O)C(=C)C)c2occ(-c3ccc(OC(=O)C(=C)C)cc3)c(=O)c2c1. The van der Waals surface area contributed by atoms with Gasteiger partial charge in [0.05, 0.1) is 24.2 Å². The third kappa shape index (κ3) is 8.38. The smallest absolute Gasteiger partial charge is 0.338 e. The number of carbonyl (C=O) groups is 3. The number of hydrogen-bond donors (Lipinski definition) is 0. The normalized spacial score (nSPS) is 10.6. The second kappa shape index (κ2) is 14.1. The summed E-state index contributed by atoms with van der Waals surface area (Å²) >= 11 is 0. The fraction of sp³-hybridized carbons (Fsp3) is 0.273. The van der Waals surface area contributed by atoms with Crippen molar-refractivity contribution in [2.24, 2.45) is 0 Å². The topological polar surface area (TPSA) is 109 Å². The summed E-state index contributed by atoms with van der Waals surface area (Å²) in [4.78, 5) is 48.9. The predicted molar refractivity (Wildman–Crippen MR) is 157 cm³/mol. The van der Waals surface area contributed by atoms with Gasteiger partial charge in [0.15, 0.2) is 0 Å². The minimum Gasteiger partial charge on any atom is -0.463 e. The molecule has 0 fully saturated rings. The van der Waals surface area contributed by atoms with Gasteiger partial charge in [-0.15, -0.1) is 0 Å². The molecule has 0 amide bonds. The van der Waals surface area contributed by atoms with Crippen molar-refractivity contribution in [1.82, 2.24) is 0 Å². The highest BCUT2D eigenvalue weighted by Crippen LogP contribution is 2.26. The van der Waals surface area contributed by atoms with Gasteiger partial charge >= 0.3 is 17.9 Å². The highest BCUT2D eigenvalue weighted by atomic mass is 16.5. The van der Waals surface area contributed by atoms with Gasteiger partial charge in [-0.3, -0.25) is 4.79 Å². The Bertz CT molecular complexity index is 1560. The van der Waals surface area contributed by atoms with Crippen LogP contribution in [0, 0.1) is 0 Å². The first-order valence-corrected chi connectivity index (χ1v) is 13.2. The van der Waals surface area contributed by atoms with Crippen LogP contribution in [0.1, 0.15) is 44.7 Å². The van der Waals surface area contributed by atoms with Gasteiger partial charge in [0.25, 0.3) is 0 Å². The highest BCUT2D eigenvalue weighted by molar-refractivity contribution is 5.89. The molecule has 0 unspecified atom stereocenters. The molecule has 8 heteroatoms. The second-order valence-corrected chi connectivity index (χ2v) is 9.84. The lowest BCUT2D eigenvalue weighted by Gasteiger charge is -2.12. The zero-order valence-corrected chi connectivity index (χ0v) is 23.7. The van der Waals surface area contributed by atoms with Gasteiger partial charge < -0.3 is 18.6 Å². The molecular formula is C33H34O8. The molecule has 8 nitrogen and oxygen atoms in total. The first-order chi connectivity index (χ1) is 19.5. The fourth-order valence-electron chi connectivity index (χ4n) is 3.92. The Morgan fingerprint density at radius 1 is 0.780 bits per heavy atom. The molecule has 0 aliphatic heterocycles. The highest BCUT2D eigenvalue weighted by Gasteiger charge is 2.15. The maximum absolute atomic E-state index is 13.7.